The molecule has 1 saturated heterocycles. The van der Waals surface area contributed by atoms with Gasteiger partial charge < -0.3 is 10.2 Å². The summed E-state index contributed by atoms with van der Waals surface area (Å²) in [7, 11) is 1.86. The van der Waals surface area contributed by atoms with E-state index in [-0.39, 0.29) is 24.4 Å². The summed E-state index contributed by atoms with van der Waals surface area (Å²) in [4.78, 5) is 14.6. The van der Waals surface area contributed by atoms with Crippen LogP contribution in [0.15, 0.2) is 36.5 Å². The highest BCUT2D eigenvalue weighted by molar-refractivity contribution is 5.92. The molecule has 3 rings (SSSR count). The Hall–Kier alpha value is -1.92. The summed E-state index contributed by atoms with van der Waals surface area (Å²) >= 11 is 0. The maximum absolute atomic E-state index is 12.8. The van der Waals surface area contributed by atoms with Gasteiger partial charge >= 0.3 is 0 Å². The third-order valence-electron chi connectivity index (χ3n) is 5.07. The van der Waals surface area contributed by atoms with Crippen molar-refractivity contribution in [3.8, 4) is 0 Å². The summed E-state index contributed by atoms with van der Waals surface area (Å²) in [6.07, 6.45) is 5.61. The number of halogens is 1. The van der Waals surface area contributed by atoms with Gasteiger partial charge in [-0.3, -0.25) is 4.79 Å². The summed E-state index contributed by atoms with van der Waals surface area (Å²) in [5.41, 5.74) is 1.68. The van der Waals surface area contributed by atoms with E-state index in [0.717, 1.165) is 38.8 Å². The van der Waals surface area contributed by atoms with E-state index < -0.39 is 0 Å². The van der Waals surface area contributed by atoms with Crippen LogP contribution in [0, 0.1) is 0 Å². The van der Waals surface area contributed by atoms with Gasteiger partial charge in [0.1, 0.15) is 0 Å². The molecule has 7 heteroatoms. The fraction of sp³-hybridized carbons (Fsp3) is 0.526. The summed E-state index contributed by atoms with van der Waals surface area (Å²) in [6.45, 7) is 4.09. The summed E-state index contributed by atoms with van der Waals surface area (Å²) in [6, 6.07) is 10.8. The molecule has 0 saturated carbocycles. The van der Waals surface area contributed by atoms with Crippen molar-refractivity contribution in [3.05, 3.63) is 47.8 Å². The molecule has 1 amide bonds. The Morgan fingerprint density at radius 2 is 2.00 bits per heavy atom. The molecular formula is C19H28ClN5O. The monoisotopic (exact) mass is 377 g/mol. The van der Waals surface area contributed by atoms with E-state index in [9.17, 15) is 4.79 Å². The van der Waals surface area contributed by atoms with Gasteiger partial charge in [-0.15, -0.1) is 17.5 Å². The van der Waals surface area contributed by atoms with Gasteiger partial charge in [-0.05, 0) is 44.3 Å². The van der Waals surface area contributed by atoms with Gasteiger partial charge in [0.05, 0.1) is 12.2 Å². The summed E-state index contributed by atoms with van der Waals surface area (Å²) < 4.78 is 1.86. The van der Waals surface area contributed by atoms with E-state index in [1.807, 2.05) is 41.0 Å². The number of carbonyl (C=O) groups excluding carboxylic acids is 1. The fourth-order valence-electron chi connectivity index (χ4n) is 3.41. The van der Waals surface area contributed by atoms with E-state index in [1.165, 1.54) is 5.56 Å². The molecule has 1 atom stereocenters. The lowest BCUT2D eigenvalue weighted by atomic mass is 10.0. The second-order valence-electron chi connectivity index (χ2n) is 6.73. The Labute approximate surface area is 161 Å². The Bertz CT molecular complexity index is 684. The number of carbonyl (C=O) groups is 1. The molecule has 1 N–H and O–H groups in total. The minimum Gasteiger partial charge on any atom is -0.337 e. The lowest BCUT2D eigenvalue weighted by Gasteiger charge is -2.26. The van der Waals surface area contributed by atoms with E-state index in [0.29, 0.717) is 11.7 Å². The maximum atomic E-state index is 12.8. The van der Waals surface area contributed by atoms with Gasteiger partial charge in [0.2, 0.25) is 0 Å². The molecule has 0 spiro atoms. The number of piperidine rings is 1. The topological polar surface area (TPSA) is 63.1 Å². The van der Waals surface area contributed by atoms with Crippen molar-refractivity contribution in [2.75, 3.05) is 20.1 Å². The molecule has 2 heterocycles. The van der Waals surface area contributed by atoms with E-state index in [2.05, 4.69) is 34.7 Å². The highest BCUT2D eigenvalue weighted by atomic mass is 35.5. The second-order valence-corrected chi connectivity index (χ2v) is 6.73. The molecule has 0 aliphatic carbocycles. The molecular weight excluding hydrogens is 350 g/mol. The highest BCUT2D eigenvalue weighted by Crippen LogP contribution is 2.18. The zero-order valence-electron chi connectivity index (χ0n) is 15.5. The third kappa shape index (κ3) is 4.83. The zero-order valence-corrected chi connectivity index (χ0v) is 16.3. The quantitative estimate of drug-likeness (QED) is 0.840. The van der Waals surface area contributed by atoms with Crippen molar-refractivity contribution in [1.82, 2.24) is 25.2 Å². The fourth-order valence-corrected chi connectivity index (χ4v) is 3.41. The highest BCUT2D eigenvalue weighted by Gasteiger charge is 2.24. The first-order valence-corrected chi connectivity index (χ1v) is 9.12. The molecule has 6 nitrogen and oxygen atoms in total. The van der Waals surface area contributed by atoms with Crippen LogP contribution in [0.5, 0.6) is 0 Å². The minimum atomic E-state index is -0.0528. The van der Waals surface area contributed by atoms with Crippen LogP contribution >= 0.6 is 12.4 Å². The molecule has 142 valence electrons. The minimum absolute atomic E-state index is 0. The first kappa shape index (κ1) is 20.4. The number of likely N-dealkylation sites (N-methyl/N-ethyl adjacent to an activating group) is 1. The third-order valence-corrected chi connectivity index (χ3v) is 5.07. The van der Waals surface area contributed by atoms with Crippen molar-refractivity contribution >= 4 is 18.3 Å². The number of hydrogen-bond acceptors (Lipinski definition) is 4. The van der Waals surface area contributed by atoms with Crippen molar-refractivity contribution < 1.29 is 4.79 Å². The van der Waals surface area contributed by atoms with Crippen molar-refractivity contribution in [2.45, 2.75) is 44.7 Å². The molecule has 26 heavy (non-hydrogen) atoms. The number of hydrogen-bond donors (Lipinski definition) is 1. The first-order chi connectivity index (χ1) is 12.2. The van der Waals surface area contributed by atoms with Crippen molar-refractivity contribution in [2.24, 2.45) is 0 Å². The van der Waals surface area contributed by atoms with Crippen LogP contribution in [0.2, 0.25) is 0 Å². The molecule has 1 aliphatic heterocycles. The number of rotatable bonds is 6. The summed E-state index contributed by atoms with van der Waals surface area (Å²) in [5.74, 6) is -0.0528. The van der Waals surface area contributed by atoms with E-state index in [1.54, 1.807) is 0 Å². The molecule has 1 fully saturated rings. The van der Waals surface area contributed by atoms with Gasteiger partial charge in [0.25, 0.3) is 5.91 Å². The standard InChI is InChI=1S/C19H27N5O.ClH/c1-3-16(13-15-7-5-4-6-8-15)23(2)19(25)18-14-24(22-21-18)17-9-11-20-12-10-17;/h4-8,14,16-17,20H,3,9-13H2,1-2H3;1H. The Morgan fingerprint density at radius 1 is 1.31 bits per heavy atom. The molecule has 0 radical (unpaired) electrons. The van der Waals surface area contributed by atoms with Gasteiger partial charge in [0, 0.05) is 13.1 Å². The summed E-state index contributed by atoms with van der Waals surface area (Å²) in [5, 5.41) is 11.7. The van der Waals surface area contributed by atoms with Crippen LogP contribution in [0.4, 0.5) is 0 Å². The van der Waals surface area contributed by atoms with Gasteiger partial charge in [0.15, 0.2) is 5.69 Å². The number of aromatic nitrogens is 3. The van der Waals surface area contributed by atoms with E-state index >= 15 is 0 Å². The number of nitrogens with one attached hydrogen (secondary N) is 1. The average Bonchev–Trinajstić information content (AvgIpc) is 3.16. The molecule has 1 aromatic heterocycles. The normalized spacial score (nSPS) is 15.9. The molecule has 2 aromatic rings. The van der Waals surface area contributed by atoms with Crippen LogP contribution in [0.25, 0.3) is 0 Å². The largest absolute Gasteiger partial charge is 0.337 e. The van der Waals surface area contributed by atoms with Crippen LogP contribution in [-0.2, 0) is 6.42 Å². The molecule has 1 unspecified atom stereocenters. The van der Waals surface area contributed by atoms with E-state index in [4.69, 9.17) is 0 Å². The van der Waals surface area contributed by atoms with Gasteiger partial charge in [-0.25, -0.2) is 4.68 Å². The SMILES string of the molecule is CCC(Cc1ccccc1)N(C)C(=O)c1cn(C2CCNCC2)nn1.Cl. The number of amides is 1. The predicted octanol–water partition coefficient (Wildman–Crippen LogP) is 2.72. The average molecular weight is 378 g/mol. The van der Waals surface area contributed by atoms with Crippen LogP contribution in [0.3, 0.4) is 0 Å². The number of benzene rings is 1. The first-order valence-electron chi connectivity index (χ1n) is 9.12. The van der Waals surface area contributed by atoms with Gasteiger partial charge in [-0.1, -0.05) is 42.5 Å². The Morgan fingerprint density at radius 3 is 2.65 bits per heavy atom. The lowest BCUT2D eigenvalue weighted by molar-refractivity contribution is 0.0721. The molecule has 0 bridgehead atoms. The number of nitrogens with zero attached hydrogens (tertiary/aromatic N) is 4. The smallest absolute Gasteiger partial charge is 0.276 e. The Kier molecular flexibility index (Phi) is 7.60. The van der Waals surface area contributed by atoms with Crippen LogP contribution in [-0.4, -0.2) is 52.0 Å². The van der Waals surface area contributed by atoms with Crippen molar-refractivity contribution in [3.63, 3.8) is 0 Å². The Balaban J connectivity index is 0.00000243. The predicted molar refractivity (Wildman–Crippen MR) is 105 cm³/mol. The molecule has 1 aliphatic rings. The maximum Gasteiger partial charge on any atom is 0.276 e. The molecule has 1 aromatic carbocycles. The van der Waals surface area contributed by atoms with Gasteiger partial charge in [-0.2, -0.15) is 0 Å². The lowest BCUT2D eigenvalue weighted by Crippen LogP contribution is -2.38. The van der Waals surface area contributed by atoms with Crippen LogP contribution < -0.4 is 5.32 Å². The zero-order chi connectivity index (χ0) is 17.6. The van der Waals surface area contributed by atoms with Crippen LogP contribution in [0.1, 0.15) is 48.3 Å². The van der Waals surface area contributed by atoms with Crippen molar-refractivity contribution in [1.29, 1.82) is 0 Å². The second kappa shape index (κ2) is 9.69.